The van der Waals surface area contributed by atoms with E-state index in [2.05, 4.69) is 10.9 Å². The molecule has 24 heavy (non-hydrogen) atoms. The van der Waals surface area contributed by atoms with Gasteiger partial charge < -0.3 is 4.57 Å². The highest BCUT2D eigenvalue weighted by Gasteiger charge is 2.16. The minimum absolute atomic E-state index is 0.199. The number of amides is 1. The smallest absolute Gasteiger partial charge is 0.282 e. The number of rotatable bonds is 2. The number of carbonyl (C=O) groups excluding carboxylic acids is 1. The zero-order valence-corrected chi connectivity index (χ0v) is 16.3. The molecule has 0 bridgehead atoms. The van der Waals surface area contributed by atoms with Gasteiger partial charge in [0.05, 0.1) is 36.7 Å². The first-order chi connectivity index (χ1) is 11.4. The average molecular weight is 436 g/mol. The molecule has 0 saturated heterocycles. The maximum Gasteiger partial charge on any atom is 0.282 e. The second-order valence-corrected chi connectivity index (χ2v) is 8.62. The Morgan fingerprint density at radius 3 is 2.62 bits per heavy atom. The van der Waals surface area contributed by atoms with Gasteiger partial charge in [0.15, 0.2) is 4.80 Å². The molecule has 1 aromatic carbocycles. The topological polar surface area (TPSA) is 34.4 Å². The van der Waals surface area contributed by atoms with E-state index in [1.165, 1.54) is 17.4 Å². The molecule has 1 amide bonds. The molecule has 0 aliphatic rings. The predicted octanol–water partition coefficient (Wildman–Crippen LogP) is 5.75. The van der Waals surface area contributed by atoms with Gasteiger partial charge in [-0.05, 0) is 18.2 Å². The minimum Gasteiger partial charge on any atom is -0.303 e. The lowest BCUT2D eigenvalue weighted by atomic mass is 10.3. The average Bonchev–Trinajstić information content (AvgIpc) is 3.04. The van der Waals surface area contributed by atoms with Gasteiger partial charge in [-0.3, -0.25) is 4.79 Å². The van der Waals surface area contributed by atoms with E-state index in [9.17, 15) is 4.79 Å². The Balaban J connectivity index is 2.24. The number of carbonyl (C=O) groups is 1. The molecule has 0 spiro atoms. The van der Waals surface area contributed by atoms with Gasteiger partial charge in [0.1, 0.15) is 4.34 Å². The number of halogens is 4. The van der Waals surface area contributed by atoms with Gasteiger partial charge in [0.2, 0.25) is 0 Å². The maximum atomic E-state index is 12.4. The first-order valence-electron chi connectivity index (χ1n) is 6.37. The molecule has 122 valence electrons. The lowest BCUT2D eigenvalue weighted by Crippen LogP contribution is -2.16. The molecule has 9 heteroatoms. The van der Waals surface area contributed by atoms with E-state index in [1.54, 1.807) is 16.7 Å². The first kappa shape index (κ1) is 17.8. The summed E-state index contributed by atoms with van der Waals surface area (Å²) >= 11 is 26.6. The number of hydrogen-bond acceptors (Lipinski definition) is 3. The second-order valence-electron chi connectivity index (χ2n) is 4.54. The van der Waals surface area contributed by atoms with Gasteiger partial charge in [-0.1, -0.05) is 63.7 Å². The summed E-state index contributed by atoms with van der Waals surface area (Å²) in [5.41, 5.74) is 0.897. The SMILES string of the molecule is C#CCn1c(=NC(=O)c2cc(Cl)sc2Cl)sc2ccc(Cl)c(Cl)c21. The third-order valence-corrected chi connectivity index (χ3v) is 6.39. The summed E-state index contributed by atoms with van der Waals surface area (Å²) in [6, 6.07) is 4.98. The fourth-order valence-corrected chi connectivity index (χ4v) is 5.02. The van der Waals surface area contributed by atoms with Crippen LogP contribution in [-0.4, -0.2) is 10.5 Å². The molecule has 0 radical (unpaired) electrons. The van der Waals surface area contributed by atoms with E-state index < -0.39 is 5.91 Å². The van der Waals surface area contributed by atoms with E-state index in [0.717, 1.165) is 16.0 Å². The molecule has 0 aliphatic heterocycles. The van der Waals surface area contributed by atoms with Crippen LogP contribution in [0.5, 0.6) is 0 Å². The number of fused-ring (bicyclic) bond motifs is 1. The van der Waals surface area contributed by atoms with Gasteiger partial charge in [-0.25, -0.2) is 0 Å². The molecular weight excluding hydrogens is 430 g/mol. The highest BCUT2D eigenvalue weighted by molar-refractivity contribution is 7.20. The number of nitrogens with zero attached hydrogens (tertiary/aromatic N) is 2. The lowest BCUT2D eigenvalue weighted by Gasteiger charge is -2.03. The van der Waals surface area contributed by atoms with Crippen LogP contribution in [0.3, 0.4) is 0 Å². The van der Waals surface area contributed by atoms with Gasteiger partial charge in [-0.15, -0.1) is 17.8 Å². The number of terminal acetylenes is 1. The Labute approximate surface area is 165 Å². The molecule has 0 N–H and O–H groups in total. The van der Waals surface area contributed by atoms with Crippen LogP contribution in [0.15, 0.2) is 23.2 Å². The number of hydrogen-bond donors (Lipinski definition) is 0. The summed E-state index contributed by atoms with van der Waals surface area (Å²) in [7, 11) is 0. The van der Waals surface area contributed by atoms with Gasteiger partial charge in [0.25, 0.3) is 5.91 Å². The molecule has 0 saturated carbocycles. The van der Waals surface area contributed by atoms with Crippen LogP contribution < -0.4 is 4.80 Å². The van der Waals surface area contributed by atoms with E-state index in [0.29, 0.717) is 29.0 Å². The molecule has 3 aromatic rings. The van der Waals surface area contributed by atoms with E-state index in [1.807, 2.05) is 0 Å². The summed E-state index contributed by atoms with van der Waals surface area (Å²) < 4.78 is 3.20. The van der Waals surface area contributed by atoms with E-state index >= 15 is 0 Å². The summed E-state index contributed by atoms with van der Waals surface area (Å²) in [5.74, 6) is 2.03. The Bertz CT molecular complexity index is 1070. The van der Waals surface area contributed by atoms with E-state index in [4.69, 9.17) is 52.8 Å². The van der Waals surface area contributed by atoms with Crippen LogP contribution in [0.1, 0.15) is 10.4 Å². The number of aromatic nitrogens is 1. The van der Waals surface area contributed by atoms with Crippen LogP contribution in [0.2, 0.25) is 18.7 Å². The van der Waals surface area contributed by atoms with Crippen molar-refractivity contribution in [1.29, 1.82) is 0 Å². The van der Waals surface area contributed by atoms with E-state index in [-0.39, 0.29) is 12.1 Å². The van der Waals surface area contributed by atoms with Crippen LogP contribution in [0, 0.1) is 12.3 Å². The molecule has 0 aliphatic carbocycles. The number of benzene rings is 1. The Kier molecular flexibility index (Phi) is 5.26. The Morgan fingerprint density at radius 2 is 2.00 bits per heavy atom. The number of thiophene rings is 1. The summed E-state index contributed by atoms with van der Waals surface area (Å²) in [5, 5.41) is 0.768. The van der Waals surface area contributed by atoms with Crippen molar-refractivity contribution in [1.82, 2.24) is 4.57 Å². The monoisotopic (exact) mass is 434 g/mol. The molecule has 2 heterocycles. The van der Waals surface area contributed by atoms with Crippen molar-refractivity contribution in [2.45, 2.75) is 6.54 Å². The van der Waals surface area contributed by atoms with Crippen molar-refractivity contribution in [3.63, 3.8) is 0 Å². The highest BCUT2D eigenvalue weighted by Crippen LogP contribution is 2.33. The van der Waals surface area contributed by atoms with Crippen LogP contribution in [-0.2, 0) is 6.54 Å². The normalized spacial score (nSPS) is 11.9. The standard InChI is InChI=1S/C15H6Cl4N2OS2/c1-2-5-21-12-9(4-3-8(16)11(12)18)23-15(21)20-14(22)7-6-10(17)24-13(7)19/h1,3-4,6H,5H2. The molecule has 3 nitrogen and oxygen atoms in total. The van der Waals surface area contributed by atoms with Gasteiger partial charge >= 0.3 is 0 Å². The summed E-state index contributed by atoms with van der Waals surface area (Å²) in [4.78, 5) is 17.0. The predicted molar refractivity (Wildman–Crippen MR) is 103 cm³/mol. The quantitative estimate of drug-likeness (QED) is 0.471. The van der Waals surface area contributed by atoms with Crippen LogP contribution in [0.4, 0.5) is 0 Å². The van der Waals surface area contributed by atoms with Crippen molar-refractivity contribution in [2.75, 3.05) is 0 Å². The van der Waals surface area contributed by atoms with Gasteiger partial charge in [-0.2, -0.15) is 4.99 Å². The largest absolute Gasteiger partial charge is 0.303 e. The Hall–Kier alpha value is -1.000. The highest BCUT2D eigenvalue weighted by atomic mass is 35.5. The molecule has 3 rings (SSSR count). The second kappa shape index (κ2) is 7.09. The molecular formula is C15H6Cl4N2OS2. The fraction of sp³-hybridized carbons (Fsp3) is 0.0667. The van der Waals surface area contributed by atoms with Crippen molar-refractivity contribution in [2.24, 2.45) is 4.99 Å². The van der Waals surface area contributed by atoms with Crippen molar-refractivity contribution >= 4 is 85.2 Å². The fourth-order valence-electron chi connectivity index (χ4n) is 2.06. The maximum absolute atomic E-state index is 12.4. The Morgan fingerprint density at radius 1 is 1.25 bits per heavy atom. The minimum atomic E-state index is -0.498. The number of thiazole rings is 1. The van der Waals surface area contributed by atoms with Crippen LogP contribution in [0.25, 0.3) is 10.2 Å². The third kappa shape index (κ3) is 3.23. The molecule has 0 atom stereocenters. The first-order valence-corrected chi connectivity index (χ1v) is 9.51. The molecule has 0 unspecified atom stereocenters. The zero-order chi connectivity index (χ0) is 17.4. The third-order valence-electron chi connectivity index (χ3n) is 3.07. The van der Waals surface area contributed by atoms with Crippen molar-refractivity contribution < 1.29 is 4.79 Å². The van der Waals surface area contributed by atoms with Crippen LogP contribution >= 0.6 is 69.1 Å². The van der Waals surface area contributed by atoms with Gasteiger partial charge in [0, 0.05) is 0 Å². The van der Waals surface area contributed by atoms with Crippen molar-refractivity contribution in [3.05, 3.63) is 47.3 Å². The lowest BCUT2D eigenvalue weighted by molar-refractivity contribution is 0.0998. The summed E-state index contributed by atoms with van der Waals surface area (Å²) in [6.45, 7) is 0.199. The summed E-state index contributed by atoms with van der Waals surface area (Å²) in [6.07, 6.45) is 5.43. The molecule has 2 aromatic heterocycles. The molecule has 0 fully saturated rings. The zero-order valence-electron chi connectivity index (χ0n) is 11.6. The van der Waals surface area contributed by atoms with Crippen molar-refractivity contribution in [3.8, 4) is 12.3 Å².